The Labute approximate surface area is 164 Å². The average molecular weight is 401 g/mol. The summed E-state index contributed by atoms with van der Waals surface area (Å²) in [5.74, 6) is -0.371. The molecule has 2 aromatic heterocycles. The smallest absolute Gasteiger partial charge is 0.275 e. The Kier molecular flexibility index (Phi) is 4.84. The van der Waals surface area contributed by atoms with Gasteiger partial charge in [0, 0.05) is 31.8 Å². The number of nitrogens with one attached hydrogen (secondary N) is 1. The van der Waals surface area contributed by atoms with E-state index >= 15 is 0 Å². The number of carbonyl (C=O) groups is 1. The normalized spacial score (nSPS) is 16.7. The van der Waals surface area contributed by atoms with Gasteiger partial charge in [-0.2, -0.15) is 4.52 Å². The van der Waals surface area contributed by atoms with E-state index in [-0.39, 0.29) is 23.3 Å². The highest BCUT2D eigenvalue weighted by atomic mass is 32.1. The predicted molar refractivity (Wildman–Crippen MR) is 105 cm³/mol. The molecule has 1 aliphatic rings. The maximum Gasteiger partial charge on any atom is 0.275 e. The van der Waals surface area contributed by atoms with Gasteiger partial charge in [-0.1, -0.05) is 24.3 Å². The standard InChI is InChI=1S/C19H20FN5O2S/c1-3-14-9-17(27)25-19(21-14)28-18(23-25)22-16-6-7-24(11(2)26)10-12-8-13(20)4-5-15(12)16/h4-5,8-9,16H,3,6-7,10H2,1-2H3,(H,22,23). The third-order valence-corrected chi connectivity index (χ3v) is 5.77. The van der Waals surface area contributed by atoms with Crippen molar-refractivity contribution in [2.75, 3.05) is 11.9 Å². The van der Waals surface area contributed by atoms with E-state index < -0.39 is 0 Å². The van der Waals surface area contributed by atoms with Crippen molar-refractivity contribution in [2.24, 2.45) is 0 Å². The molecule has 1 N–H and O–H groups in total. The van der Waals surface area contributed by atoms with Gasteiger partial charge in [-0.05, 0) is 36.1 Å². The molecule has 0 aliphatic carbocycles. The number of carbonyl (C=O) groups excluding carboxylic acids is 1. The van der Waals surface area contributed by atoms with Crippen LogP contribution in [0.1, 0.15) is 43.1 Å². The molecule has 0 bridgehead atoms. The number of hydrogen-bond acceptors (Lipinski definition) is 6. The topological polar surface area (TPSA) is 79.6 Å². The molecule has 3 aromatic rings. The van der Waals surface area contributed by atoms with Gasteiger partial charge in [-0.3, -0.25) is 9.59 Å². The van der Waals surface area contributed by atoms with Crippen molar-refractivity contribution in [1.29, 1.82) is 0 Å². The van der Waals surface area contributed by atoms with E-state index in [4.69, 9.17) is 0 Å². The Morgan fingerprint density at radius 2 is 2.21 bits per heavy atom. The summed E-state index contributed by atoms with van der Waals surface area (Å²) in [6, 6.07) is 5.99. The number of anilines is 1. The molecule has 4 rings (SSSR count). The zero-order valence-electron chi connectivity index (χ0n) is 15.6. The van der Waals surface area contributed by atoms with Crippen molar-refractivity contribution in [1.82, 2.24) is 19.5 Å². The van der Waals surface area contributed by atoms with Crippen LogP contribution in [0.15, 0.2) is 29.1 Å². The van der Waals surface area contributed by atoms with E-state index in [1.807, 2.05) is 6.92 Å². The third-order valence-electron chi connectivity index (χ3n) is 4.93. The van der Waals surface area contributed by atoms with Gasteiger partial charge in [0.25, 0.3) is 5.56 Å². The molecule has 0 fully saturated rings. The third kappa shape index (κ3) is 3.49. The molecular weight excluding hydrogens is 381 g/mol. The van der Waals surface area contributed by atoms with Gasteiger partial charge in [0.15, 0.2) is 0 Å². The SMILES string of the molecule is CCc1cc(=O)n2nc(NC3CCN(C(C)=O)Cc4cc(F)ccc43)sc2n1. The Morgan fingerprint density at radius 1 is 1.39 bits per heavy atom. The fourth-order valence-electron chi connectivity index (χ4n) is 3.44. The summed E-state index contributed by atoms with van der Waals surface area (Å²) < 4.78 is 15.1. The lowest BCUT2D eigenvalue weighted by atomic mass is 9.99. The van der Waals surface area contributed by atoms with Crippen LogP contribution in [-0.4, -0.2) is 31.9 Å². The first kappa shape index (κ1) is 18.5. The van der Waals surface area contributed by atoms with Crippen LogP contribution < -0.4 is 10.9 Å². The first-order chi connectivity index (χ1) is 13.4. The van der Waals surface area contributed by atoms with Crippen LogP contribution in [0, 0.1) is 5.82 Å². The van der Waals surface area contributed by atoms with E-state index in [9.17, 15) is 14.0 Å². The van der Waals surface area contributed by atoms with Crippen molar-refractivity contribution in [3.05, 3.63) is 57.3 Å². The molecule has 0 saturated heterocycles. The van der Waals surface area contributed by atoms with Gasteiger partial charge in [0.05, 0.1) is 6.04 Å². The molecule has 3 heterocycles. The first-order valence-electron chi connectivity index (χ1n) is 9.14. The van der Waals surface area contributed by atoms with Gasteiger partial charge in [-0.25, -0.2) is 9.37 Å². The van der Waals surface area contributed by atoms with Crippen LogP contribution in [0.2, 0.25) is 0 Å². The number of fused-ring (bicyclic) bond motifs is 2. The van der Waals surface area contributed by atoms with E-state index in [2.05, 4.69) is 15.4 Å². The molecule has 0 radical (unpaired) electrons. The minimum Gasteiger partial charge on any atom is -0.353 e. The van der Waals surface area contributed by atoms with Crippen molar-refractivity contribution < 1.29 is 9.18 Å². The summed E-state index contributed by atoms with van der Waals surface area (Å²) in [7, 11) is 0. The molecule has 146 valence electrons. The lowest BCUT2D eigenvalue weighted by Crippen LogP contribution is -2.28. The van der Waals surface area contributed by atoms with E-state index in [1.54, 1.807) is 11.0 Å². The van der Waals surface area contributed by atoms with E-state index in [1.165, 1.54) is 41.0 Å². The Morgan fingerprint density at radius 3 is 2.96 bits per heavy atom. The monoisotopic (exact) mass is 401 g/mol. The van der Waals surface area contributed by atoms with Crippen LogP contribution in [0.3, 0.4) is 0 Å². The molecule has 1 atom stereocenters. The Bertz CT molecular complexity index is 1110. The first-order valence-corrected chi connectivity index (χ1v) is 9.96. The van der Waals surface area contributed by atoms with Gasteiger partial charge >= 0.3 is 0 Å². The largest absolute Gasteiger partial charge is 0.353 e. The Hall–Kier alpha value is -2.81. The number of aromatic nitrogens is 3. The minimum atomic E-state index is -0.328. The van der Waals surface area contributed by atoms with Crippen molar-refractivity contribution in [2.45, 2.75) is 39.3 Å². The zero-order chi connectivity index (χ0) is 19.8. The summed E-state index contributed by atoms with van der Waals surface area (Å²) in [4.78, 5) is 30.8. The van der Waals surface area contributed by atoms with Crippen LogP contribution in [0.25, 0.3) is 4.96 Å². The molecule has 1 unspecified atom stereocenters. The molecule has 28 heavy (non-hydrogen) atoms. The van der Waals surface area contributed by atoms with Crippen LogP contribution >= 0.6 is 11.3 Å². The van der Waals surface area contributed by atoms with Gasteiger partial charge in [0.1, 0.15) is 5.82 Å². The highest BCUT2D eigenvalue weighted by Gasteiger charge is 2.25. The highest BCUT2D eigenvalue weighted by molar-refractivity contribution is 7.20. The molecule has 7 nitrogen and oxygen atoms in total. The molecule has 0 saturated carbocycles. The van der Waals surface area contributed by atoms with Crippen molar-refractivity contribution in [3.8, 4) is 0 Å². The molecule has 1 aliphatic heterocycles. The van der Waals surface area contributed by atoms with Crippen LogP contribution in [0.5, 0.6) is 0 Å². The Balaban J connectivity index is 1.69. The predicted octanol–water partition coefficient (Wildman–Crippen LogP) is 2.76. The second kappa shape index (κ2) is 7.31. The molecule has 0 spiro atoms. The second-order valence-electron chi connectivity index (χ2n) is 6.81. The minimum absolute atomic E-state index is 0.0429. The highest BCUT2D eigenvalue weighted by Crippen LogP contribution is 2.31. The number of benzene rings is 1. The van der Waals surface area contributed by atoms with Gasteiger partial charge in [-0.15, -0.1) is 5.10 Å². The summed E-state index contributed by atoms with van der Waals surface area (Å²) in [6.45, 7) is 4.39. The molecule has 9 heteroatoms. The van der Waals surface area contributed by atoms with Crippen LogP contribution in [0.4, 0.5) is 9.52 Å². The number of nitrogens with zero attached hydrogens (tertiary/aromatic N) is 4. The summed E-state index contributed by atoms with van der Waals surface area (Å²) in [6.07, 6.45) is 1.32. The number of aryl methyl sites for hydroxylation is 1. The lowest BCUT2D eigenvalue weighted by Gasteiger charge is -2.19. The fraction of sp³-hybridized carbons (Fsp3) is 0.368. The van der Waals surface area contributed by atoms with E-state index in [0.29, 0.717) is 36.0 Å². The summed E-state index contributed by atoms with van der Waals surface area (Å²) in [5, 5.41) is 8.27. The molecular formula is C19H20FN5O2S. The van der Waals surface area contributed by atoms with E-state index in [0.717, 1.165) is 16.8 Å². The number of rotatable bonds is 3. The van der Waals surface area contributed by atoms with Gasteiger partial charge < -0.3 is 10.2 Å². The zero-order valence-corrected chi connectivity index (χ0v) is 16.4. The number of halogens is 1. The average Bonchev–Trinajstić information content (AvgIpc) is 2.98. The maximum atomic E-state index is 13.8. The number of amides is 1. The number of hydrogen-bond donors (Lipinski definition) is 1. The summed E-state index contributed by atoms with van der Waals surface area (Å²) in [5.41, 5.74) is 2.22. The molecule has 1 aromatic carbocycles. The molecule has 1 amide bonds. The summed E-state index contributed by atoms with van der Waals surface area (Å²) >= 11 is 1.30. The second-order valence-corrected chi connectivity index (χ2v) is 7.77. The van der Waals surface area contributed by atoms with Crippen molar-refractivity contribution in [3.63, 3.8) is 0 Å². The lowest BCUT2D eigenvalue weighted by molar-refractivity contribution is -0.129. The maximum absolute atomic E-state index is 13.8. The quantitative estimate of drug-likeness (QED) is 0.730. The fourth-order valence-corrected chi connectivity index (χ4v) is 4.32. The van der Waals surface area contributed by atoms with Crippen molar-refractivity contribution >= 4 is 27.3 Å². The van der Waals surface area contributed by atoms with Gasteiger partial charge in [0.2, 0.25) is 16.0 Å². The van der Waals surface area contributed by atoms with Crippen LogP contribution in [-0.2, 0) is 17.8 Å².